The van der Waals surface area contributed by atoms with Crippen LogP contribution in [-0.4, -0.2) is 59.6 Å². The van der Waals surface area contributed by atoms with Crippen LogP contribution in [0.4, 0.5) is 5.13 Å². The lowest BCUT2D eigenvalue weighted by Crippen LogP contribution is -2.36. The standard InChI is InChI=1S/C22H23N5O2S/c1-4-29-18-6-5-7-19-20(18)25-22(30-19)27(13-12-26(2)3)21(28)15-8-9-16-17(14-15)24-11-10-23-16/h5-11,14H,4,12-13H2,1-3H3. The summed E-state index contributed by atoms with van der Waals surface area (Å²) in [5, 5.41) is 0.656. The van der Waals surface area contributed by atoms with Gasteiger partial charge in [0.25, 0.3) is 5.91 Å². The maximum Gasteiger partial charge on any atom is 0.260 e. The fraction of sp³-hybridized carbons (Fsp3) is 0.273. The Bertz CT molecular complexity index is 1190. The third-order valence-corrected chi connectivity index (χ3v) is 5.68. The van der Waals surface area contributed by atoms with E-state index in [2.05, 4.69) is 9.97 Å². The van der Waals surface area contributed by atoms with Crippen molar-refractivity contribution in [3.05, 3.63) is 54.4 Å². The van der Waals surface area contributed by atoms with Gasteiger partial charge >= 0.3 is 0 Å². The smallest absolute Gasteiger partial charge is 0.260 e. The second-order valence-electron chi connectivity index (χ2n) is 7.05. The lowest BCUT2D eigenvalue weighted by atomic mass is 10.1. The summed E-state index contributed by atoms with van der Waals surface area (Å²) in [6.45, 7) is 3.75. The number of anilines is 1. The highest BCUT2D eigenvalue weighted by Crippen LogP contribution is 2.34. The summed E-state index contributed by atoms with van der Waals surface area (Å²) in [7, 11) is 3.97. The van der Waals surface area contributed by atoms with E-state index in [1.54, 1.807) is 29.4 Å². The highest BCUT2D eigenvalue weighted by molar-refractivity contribution is 7.22. The predicted molar refractivity (Wildman–Crippen MR) is 121 cm³/mol. The van der Waals surface area contributed by atoms with Crippen LogP contribution in [0.5, 0.6) is 5.75 Å². The monoisotopic (exact) mass is 421 g/mol. The van der Waals surface area contributed by atoms with E-state index >= 15 is 0 Å². The molecule has 0 saturated carbocycles. The van der Waals surface area contributed by atoms with Crippen molar-refractivity contribution in [2.45, 2.75) is 6.92 Å². The van der Waals surface area contributed by atoms with Crippen LogP contribution >= 0.6 is 11.3 Å². The number of fused-ring (bicyclic) bond motifs is 2. The molecular formula is C22H23N5O2S. The molecule has 4 aromatic rings. The number of hydrogen-bond donors (Lipinski definition) is 0. The fourth-order valence-electron chi connectivity index (χ4n) is 3.14. The van der Waals surface area contributed by atoms with Gasteiger partial charge in [0.15, 0.2) is 5.13 Å². The second kappa shape index (κ2) is 8.73. The van der Waals surface area contributed by atoms with Crippen molar-refractivity contribution in [3.8, 4) is 5.75 Å². The molecule has 154 valence electrons. The summed E-state index contributed by atoms with van der Waals surface area (Å²) in [6.07, 6.45) is 3.27. The Kier molecular flexibility index (Phi) is 5.87. The minimum absolute atomic E-state index is 0.110. The first kappa shape index (κ1) is 20.2. The molecule has 2 aromatic heterocycles. The highest BCUT2D eigenvalue weighted by atomic mass is 32.1. The SMILES string of the molecule is CCOc1cccc2sc(N(CCN(C)C)C(=O)c3ccc4nccnc4c3)nc12. The maximum atomic E-state index is 13.5. The van der Waals surface area contributed by atoms with Crippen LogP contribution in [0.3, 0.4) is 0 Å². The van der Waals surface area contributed by atoms with Crippen LogP contribution in [0.15, 0.2) is 48.8 Å². The molecule has 30 heavy (non-hydrogen) atoms. The van der Waals surface area contributed by atoms with Gasteiger partial charge in [-0.3, -0.25) is 19.7 Å². The molecule has 2 heterocycles. The molecule has 8 heteroatoms. The Morgan fingerprint density at radius 1 is 1.07 bits per heavy atom. The van der Waals surface area contributed by atoms with E-state index in [0.29, 0.717) is 35.9 Å². The number of nitrogens with zero attached hydrogens (tertiary/aromatic N) is 5. The number of para-hydroxylation sites is 1. The van der Waals surface area contributed by atoms with Gasteiger partial charge in [-0.05, 0) is 51.4 Å². The summed E-state index contributed by atoms with van der Waals surface area (Å²) in [5.41, 5.74) is 2.80. The Hall–Kier alpha value is -3.10. The number of thiazole rings is 1. The number of carbonyl (C=O) groups is 1. The molecule has 0 atom stereocenters. The van der Waals surface area contributed by atoms with Crippen molar-refractivity contribution >= 4 is 43.6 Å². The molecule has 0 spiro atoms. The number of aromatic nitrogens is 3. The number of rotatable bonds is 7. The average molecular weight is 422 g/mol. The summed E-state index contributed by atoms with van der Waals surface area (Å²) in [6, 6.07) is 11.3. The third-order valence-electron chi connectivity index (χ3n) is 4.63. The van der Waals surface area contributed by atoms with E-state index in [-0.39, 0.29) is 5.91 Å². The summed E-state index contributed by atoms with van der Waals surface area (Å²) in [5.74, 6) is 0.625. The van der Waals surface area contributed by atoms with Crippen LogP contribution in [0, 0.1) is 0 Å². The minimum Gasteiger partial charge on any atom is -0.492 e. The van der Waals surface area contributed by atoms with Gasteiger partial charge in [0, 0.05) is 31.0 Å². The molecule has 2 aromatic carbocycles. The van der Waals surface area contributed by atoms with E-state index in [0.717, 1.165) is 21.5 Å². The molecule has 0 unspecified atom stereocenters. The third kappa shape index (κ3) is 4.10. The highest BCUT2D eigenvalue weighted by Gasteiger charge is 2.23. The Morgan fingerprint density at radius 3 is 2.63 bits per heavy atom. The Balaban J connectivity index is 1.74. The molecule has 0 bridgehead atoms. The van der Waals surface area contributed by atoms with E-state index in [1.165, 1.54) is 11.3 Å². The molecule has 1 amide bonds. The van der Waals surface area contributed by atoms with Gasteiger partial charge in [0.05, 0.1) is 22.3 Å². The van der Waals surface area contributed by atoms with Gasteiger partial charge < -0.3 is 9.64 Å². The first-order chi connectivity index (χ1) is 14.6. The van der Waals surface area contributed by atoms with Crippen LogP contribution < -0.4 is 9.64 Å². The van der Waals surface area contributed by atoms with Gasteiger partial charge in [-0.15, -0.1) is 0 Å². The largest absolute Gasteiger partial charge is 0.492 e. The number of carbonyl (C=O) groups excluding carboxylic acids is 1. The summed E-state index contributed by atoms with van der Waals surface area (Å²) >= 11 is 1.49. The van der Waals surface area contributed by atoms with E-state index in [4.69, 9.17) is 9.72 Å². The summed E-state index contributed by atoms with van der Waals surface area (Å²) < 4.78 is 6.71. The van der Waals surface area contributed by atoms with Crippen LogP contribution in [0.1, 0.15) is 17.3 Å². The molecule has 7 nitrogen and oxygen atoms in total. The number of amides is 1. The topological polar surface area (TPSA) is 71.5 Å². The Morgan fingerprint density at radius 2 is 1.87 bits per heavy atom. The molecule has 0 aliphatic carbocycles. The van der Waals surface area contributed by atoms with Gasteiger partial charge in [-0.1, -0.05) is 17.4 Å². The Labute approximate surface area is 179 Å². The first-order valence-electron chi connectivity index (χ1n) is 9.76. The lowest BCUT2D eigenvalue weighted by molar-refractivity contribution is 0.0985. The zero-order valence-corrected chi connectivity index (χ0v) is 18.0. The van der Waals surface area contributed by atoms with Crippen molar-refractivity contribution in [1.82, 2.24) is 19.9 Å². The first-order valence-corrected chi connectivity index (χ1v) is 10.6. The minimum atomic E-state index is -0.110. The molecule has 0 radical (unpaired) electrons. The van der Waals surface area contributed by atoms with Crippen molar-refractivity contribution in [2.24, 2.45) is 0 Å². The zero-order valence-electron chi connectivity index (χ0n) is 17.2. The number of benzene rings is 2. The summed E-state index contributed by atoms with van der Waals surface area (Å²) in [4.78, 5) is 30.6. The van der Waals surface area contributed by atoms with Crippen molar-refractivity contribution in [1.29, 1.82) is 0 Å². The molecule has 4 rings (SSSR count). The predicted octanol–water partition coefficient (Wildman–Crippen LogP) is 3.85. The van der Waals surface area contributed by atoms with Crippen molar-refractivity contribution < 1.29 is 9.53 Å². The van der Waals surface area contributed by atoms with E-state index < -0.39 is 0 Å². The number of ether oxygens (including phenoxy) is 1. The molecule has 0 saturated heterocycles. The average Bonchev–Trinajstić information content (AvgIpc) is 3.18. The van der Waals surface area contributed by atoms with Gasteiger partial charge in [0.2, 0.25) is 0 Å². The maximum absolute atomic E-state index is 13.5. The van der Waals surface area contributed by atoms with E-state index in [1.807, 2.05) is 50.2 Å². The van der Waals surface area contributed by atoms with Crippen molar-refractivity contribution in [3.63, 3.8) is 0 Å². The number of likely N-dealkylation sites (N-methyl/N-ethyl adjacent to an activating group) is 1. The molecule has 0 aliphatic rings. The molecular weight excluding hydrogens is 398 g/mol. The van der Waals surface area contributed by atoms with Crippen LogP contribution in [0.25, 0.3) is 21.3 Å². The van der Waals surface area contributed by atoms with Gasteiger partial charge in [-0.25, -0.2) is 4.98 Å². The van der Waals surface area contributed by atoms with Crippen LogP contribution in [0.2, 0.25) is 0 Å². The molecule has 0 N–H and O–H groups in total. The van der Waals surface area contributed by atoms with Crippen LogP contribution in [-0.2, 0) is 0 Å². The van der Waals surface area contributed by atoms with Gasteiger partial charge in [0.1, 0.15) is 11.3 Å². The number of hydrogen-bond acceptors (Lipinski definition) is 7. The quantitative estimate of drug-likeness (QED) is 0.451. The fourth-order valence-corrected chi connectivity index (χ4v) is 4.14. The second-order valence-corrected chi connectivity index (χ2v) is 8.06. The molecule has 0 fully saturated rings. The normalized spacial score (nSPS) is 11.3. The zero-order chi connectivity index (χ0) is 21.1. The van der Waals surface area contributed by atoms with E-state index in [9.17, 15) is 4.79 Å². The lowest BCUT2D eigenvalue weighted by Gasteiger charge is -2.22. The van der Waals surface area contributed by atoms with Crippen molar-refractivity contribution in [2.75, 3.05) is 38.7 Å². The van der Waals surface area contributed by atoms with Gasteiger partial charge in [-0.2, -0.15) is 0 Å². The molecule has 0 aliphatic heterocycles.